The van der Waals surface area contributed by atoms with Gasteiger partial charge in [0.2, 0.25) is 0 Å². The number of benzene rings is 1. The number of hydrogen-bond donors (Lipinski definition) is 1. The molecule has 0 saturated carbocycles. The van der Waals surface area contributed by atoms with Crippen molar-refractivity contribution >= 4 is 23.4 Å². The molecule has 3 heterocycles. The van der Waals surface area contributed by atoms with Crippen molar-refractivity contribution in [2.75, 3.05) is 13.1 Å². The van der Waals surface area contributed by atoms with Crippen molar-refractivity contribution in [3.05, 3.63) is 40.5 Å². The molecule has 0 aromatic heterocycles. The molecule has 94 valence electrons. The highest BCUT2D eigenvalue weighted by molar-refractivity contribution is 6.32. The molecule has 3 nitrogen and oxygen atoms in total. The number of allylic oxidation sites excluding steroid dienone is 1. The summed E-state index contributed by atoms with van der Waals surface area (Å²) in [5.74, 6) is 6.08. The van der Waals surface area contributed by atoms with E-state index in [0.29, 0.717) is 5.92 Å². The van der Waals surface area contributed by atoms with Crippen LogP contribution < -0.4 is 5.84 Å². The molecule has 4 heteroatoms. The average molecular weight is 262 g/mol. The predicted molar refractivity (Wildman–Crippen MR) is 75.3 cm³/mol. The third-order valence-corrected chi connectivity index (χ3v) is 4.17. The SMILES string of the molecule is NN=C1/C(=C/c2ccccc2Cl)N2CCC1CC2. The third-order valence-electron chi connectivity index (χ3n) is 3.82. The van der Waals surface area contributed by atoms with E-state index in [2.05, 4.69) is 16.1 Å². The molecule has 1 aromatic rings. The summed E-state index contributed by atoms with van der Waals surface area (Å²) in [6.45, 7) is 2.19. The molecular formula is C14H16ClN3. The highest BCUT2D eigenvalue weighted by atomic mass is 35.5. The summed E-state index contributed by atoms with van der Waals surface area (Å²) < 4.78 is 0. The molecule has 0 amide bonds. The van der Waals surface area contributed by atoms with Gasteiger partial charge in [-0.1, -0.05) is 29.8 Å². The molecule has 0 aliphatic carbocycles. The van der Waals surface area contributed by atoms with Crippen LogP contribution in [-0.4, -0.2) is 23.7 Å². The summed E-state index contributed by atoms with van der Waals surface area (Å²) in [5.41, 5.74) is 3.21. The first kappa shape index (κ1) is 11.6. The number of nitrogens with two attached hydrogens (primary N) is 1. The Hall–Kier alpha value is -1.48. The zero-order valence-corrected chi connectivity index (χ0v) is 10.9. The number of hydrazone groups is 1. The third kappa shape index (κ3) is 1.89. The molecule has 1 aromatic carbocycles. The zero-order chi connectivity index (χ0) is 12.5. The Morgan fingerprint density at radius 1 is 1.28 bits per heavy atom. The van der Waals surface area contributed by atoms with Crippen LogP contribution in [0.2, 0.25) is 5.02 Å². The molecule has 2 N–H and O–H groups in total. The Labute approximate surface area is 112 Å². The van der Waals surface area contributed by atoms with Gasteiger partial charge in [-0.25, -0.2) is 0 Å². The van der Waals surface area contributed by atoms with Crippen molar-refractivity contribution < 1.29 is 0 Å². The Morgan fingerprint density at radius 2 is 2.00 bits per heavy atom. The lowest BCUT2D eigenvalue weighted by molar-refractivity contribution is 0.242. The van der Waals surface area contributed by atoms with Crippen LogP contribution in [0.15, 0.2) is 35.1 Å². The summed E-state index contributed by atoms with van der Waals surface area (Å²) >= 11 is 6.20. The van der Waals surface area contributed by atoms with Crippen LogP contribution in [0, 0.1) is 5.92 Å². The van der Waals surface area contributed by atoms with Crippen LogP contribution in [0.1, 0.15) is 18.4 Å². The lowest BCUT2D eigenvalue weighted by Crippen LogP contribution is -2.46. The Balaban J connectivity index is 2.02. The molecule has 3 aliphatic rings. The van der Waals surface area contributed by atoms with Crippen molar-refractivity contribution in [1.82, 2.24) is 4.90 Å². The van der Waals surface area contributed by atoms with Gasteiger partial charge in [-0.3, -0.25) is 0 Å². The summed E-state index contributed by atoms with van der Waals surface area (Å²) in [7, 11) is 0. The Kier molecular flexibility index (Phi) is 3.00. The van der Waals surface area contributed by atoms with Gasteiger partial charge in [0.1, 0.15) is 0 Å². The van der Waals surface area contributed by atoms with Crippen molar-refractivity contribution in [1.29, 1.82) is 0 Å². The van der Waals surface area contributed by atoms with Gasteiger partial charge in [0, 0.05) is 24.0 Å². The van der Waals surface area contributed by atoms with E-state index in [4.69, 9.17) is 17.4 Å². The van der Waals surface area contributed by atoms with E-state index in [1.165, 1.54) is 0 Å². The molecular weight excluding hydrogens is 246 g/mol. The number of fused-ring (bicyclic) bond motifs is 3. The lowest BCUT2D eigenvalue weighted by atomic mass is 9.83. The predicted octanol–water partition coefficient (Wildman–Crippen LogP) is 2.72. The maximum atomic E-state index is 6.20. The minimum absolute atomic E-state index is 0.522. The minimum Gasteiger partial charge on any atom is -0.370 e. The van der Waals surface area contributed by atoms with Crippen LogP contribution in [0.3, 0.4) is 0 Å². The van der Waals surface area contributed by atoms with Crippen molar-refractivity contribution in [3.8, 4) is 0 Å². The largest absolute Gasteiger partial charge is 0.370 e. The topological polar surface area (TPSA) is 41.6 Å². The average Bonchev–Trinajstić information content (AvgIpc) is 2.42. The molecule has 3 aliphatic heterocycles. The normalized spacial score (nSPS) is 24.2. The maximum Gasteiger partial charge on any atom is 0.0865 e. The quantitative estimate of drug-likeness (QED) is 0.624. The van der Waals surface area contributed by atoms with Gasteiger partial charge >= 0.3 is 0 Å². The first-order valence-electron chi connectivity index (χ1n) is 6.29. The highest BCUT2D eigenvalue weighted by Crippen LogP contribution is 2.33. The molecule has 0 unspecified atom stereocenters. The molecule has 3 saturated heterocycles. The number of rotatable bonds is 1. The summed E-state index contributed by atoms with van der Waals surface area (Å²) in [4.78, 5) is 2.36. The first-order chi connectivity index (χ1) is 8.79. The number of halogens is 1. The van der Waals surface area contributed by atoms with Gasteiger partial charge in [-0.05, 0) is 30.5 Å². The second-order valence-electron chi connectivity index (χ2n) is 4.83. The number of hydrogen-bond acceptors (Lipinski definition) is 3. The van der Waals surface area contributed by atoms with Gasteiger partial charge in [0.05, 0.1) is 11.4 Å². The van der Waals surface area contributed by atoms with E-state index < -0.39 is 0 Å². The van der Waals surface area contributed by atoms with Crippen LogP contribution in [0.5, 0.6) is 0 Å². The molecule has 18 heavy (non-hydrogen) atoms. The van der Waals surface area contributed by atoms with Crippen LogP contribution in [0.25, 0.3) is 6.08 Å². The Morgan fingerprint density at radius 3 is 2.67 bits per heavy atom. The van der Waals surface area contributed by atoms with E-state index in [1.807, 2.05) is 24.3 Å². The van der Waals surface area contributed by atoms with Crippen LogP contribution >= 0.6 is 11.6 Å². The van der Waals surface area contributed by atoms with Crippen molar-refractivity contribution in [3.63, 3.8) is 0 Å². The second kappa shape index (κ2) is 4.65. The van der Waals surface area contributed by atoms with E-state index in [1.54, 1.807) is 0 Å². The van der Waals surface area contributed by atoms with Crippen molar-refractivity contribution in [2.24, 2.45) is 16.9 Å². The van der Waals surface area contributed by atoms with E-state index in [9.17, 15) is 0 Å². The second-order valence-corrected chi connectivity index (χ2v) is 5.23. The maximum absolute atomic E-state index is 6.20. The lowest BCUT2D eigenvalue weighted by Gasteiger charge is -2.43. The minimum atomic E-state index is 0.522. The molecule has 0 spiro atoms. The number of nitrogens with zero attached hydrogens (tertiary/aromatic N) is 2. The summed E-state index contributed by atoms with van der Waals surface area (Å²) in [5, 5.41) is 4.77. The van der Waals surface area contributed by atoms with Gasteiger partial charge in [-0.2, -0.15) is 5.10 Å². The monoisotopic (exact) mass is 261 g/mol. The number of piperidine rings is 3. The van der Waals surface area contributed by atoms with E-state index in [0.717, 1.165) is 47.9 Å². The highest BCUT2D eigenvalue weighted by Gasteiger charge is 2.34. The molecule has 0 radical (unpaired) electrons. The zero-order valence-electron chi connectivity index (χ0n) is 10.1. The smallest absolute Gasteiger partial charge is 0.0865 e. The molecule has 3 fully saturated rings. The van der Waals surface area contributed by atoms with Gasteiger partial charge < -0.3 is 10.7 Å². The molecule has 2 bridgehead atoms. The van der Waals surface area contributed by atoms with E-state index in [-0.39, 0.29) is 0 Å². The summed E-state index contributed by atoms with van der Waals surface area (Å²) in [6, 6.07) is 7.86. The molecule has 4 rings (SSSR count). The fourth-order valence-corrected chi connectivity index (χ4v) is 3.03. The van der Waals surface area contributed by atoms with Gasteiger partial charge in [0.25, 0.3) is 0 Å². The fraction of sp³-hybridized carbons (Fsp3) is 0.357. The first-order valence-corrected chi connectivity index (χ1v) is 6.66. The standard InChI is InChI=1S/C14H16ClN3/c15-12-4-2-1-3-11(12)9-13-14(17-16)10-5-7-18(13)8-6-10/h1-4,9-10H,5-8,16H2/b13-9-,17-14?. The van der Waals surface area contributed by atoms with Gasteiger partial charge in [-0.15, -0.1) is 0 Å². The van der Waals surface area contributed by atoms with Crippen molar-refractivity contribution in [2.45, 2.75) is 12.8 Å². The van der Waals surface area contributed by atoms with E-state index >= 15 is 0 Å². The molecule has 0 atom stereocenters. The van der Waals surface area contributed by atoms with Crippen LogP contribution in [0.4, 0.5) is 0 Å². The van der Waals surface area contributed by atoms with Gasteiger partial charge in [0.15, 0.2) is 0 Å². The fourth-order valence-electron chi connectivity index (χ4n) is 2.84. The summed E-state index contributed by atoms with van der Waals surface area (Å²) in [6.07, 6.45) is 4.44. The Bertz CT molecular complexity index is 514. The van der Waals surface area contributed by atoms with Crippen LogP contribution in [-0.2, 0) is 0 Å².